The molecule has 9 heteroatoms. The van der Waals surface area contributed by atoms with Gasteiger partial charge >= 0.3 is 0 Å². The minimum absolute atomic E-state index is 0.0260. The lowest BCUT2D eigenvalue weighted by atomic mass is 9.86. The van der Waals surface area contributed by atoms with Crippen molar-refractivity contribution >= 4 is 29.1 Å². The van der Waals surface area contributed by atoms with Gasteiger partial charge in [0.25, 0.3) is 5.91 Å². The van der Waals surface area contributed by atoms with Gasteiger partial charge in [-0.25, -0.2) is 0 Å². The standard InChI is InChI=1S/C19H28N4O4S/c1-3-27-15-4-13-28-16(15)17(25)21-19(5-7-20-8-6-19)18(26)23-11-9-22(10-12-23)14(2)24/h4,13,20H,3,5-12H2,1-2H3,(H,21,25). The molecular weight excluding hydrogens is 380 g/mol. The van der Waals surface area contributed by atoms with Crippen molar-refractivity contribution in [1.82, 2.24) is 20.4 Å². The highest BCUT2D eigenvalue weighted by Crippen LogP contribution is 2.28. The van der Waals surface area contributed by atoms with Crippen molar-refractivity contribution < 1.29 is 19.1 Å². The highest BCUT2D eigenvalue weighted by molar-refractivity contribution is 7.12. The van der Waals surface area contributed by atoms with Crippen molar-refractivity contribution in [3.8, 4) is 5.75 Å². The predicted octanol–water partition coefficient (Wildman–Crippen LogP) is 0.690. The monoisotopic (exact) mass is 408 g/mol. The molecule has 154 valence electrons. The van der Waals surface area contributed by atoms with Gasteiger partial charge in [0.2, 0.25) is 11.8 Å². The normalized spacial score (nSPS) is 19.2. The second kappa shape index (κ2) is 8.91. The maximum absolute atomic E-state index is 13.4. The molecule has 28 heavy (non-hydrogen) atoms. The van der Waals surface area contributed by atoms with E-state index in [1.54, 1.807) is 22.8 Å². The summed E-state index contributed by atoms with van der Waals surface area (Å²) in [6, 6.07) is 1.78. The second-order valence-corrected chi connectivity index (χ2v) is 8.05. The van der Waals surface area contributed by atoms with Gasteiger partial charge in [-0.05, 0) is 44.3 Å². The zero-order chi connectivity index (χ0) is 20.1. The Morgan fingerprint density at radius 1 is 1.18 bits per heavy atom. The number of rotatable bonds is 5. The van der Waals surface area contributed by atoms with Crippen LogP contribution in [0.25, 0.3) is 0 Å². The zero-order valence-corrected chi connectivity index (χ0v) is 17.3. The van der Waals surface area contributed by atoms with Crippen LogP contribution in [0.15, 0.2) is 11.4 Å². The van der Waals surface area contributed by atoms with E-state index >= 15 is 0 Å². The largest absolute Gasteiger partial charge is 0.492 e. The number of ether oxygens (including phenoxy) is 1. The average Bonchev–Trinajstić information content (AvgIpc) is 3.17. The zero-order valence-electron chi connectivity index (χ0n) is 16.5. The van der Waals surface area contributed by atoms with Crippen LogP contribution in [-0.2, 0) is 9.59 Å². The molecule has 0 saturated carbocycles. The van der Waals surface area contributed by atoms with Crippen LogP contribution in [0.3, 0.4) is 0 Å². The van der Waals surface area contributed by atoms with Crippen molar-refractivity contribution in [2.45, 2.75) is 32.2 Å². The number of hydrogen-bond acceptors (Lipinski definition) is 6. The van der Waals surface area contributed by atoms with E-state index in [4.69, 9.17) is 4.74 Å². The first-order valence-corrected chi connectivity index (χ1v) is 10.6. The molecule has 0 aromatic carbocycles. The number of amides is 3. The van der Waals surface area contributed by atoms with Crippen LogP contribution in [0.1, 0.15) is 36.4 Å². The van der Waals surface area contributed by atoms with Gasteiger partial charge in [-0.3, -0.25) is 14.4 Å². The Hall–Kier alpha value is -2.13. The van der Waals surface area contributed by atoms with Crippen molar-refractivity contribution in [1.29, 1.82) is 0 Å². The van der Waals surface area contributed by atoms with E-state index in [0.29, 0.717) is 69.3 Å². The molecule has 2 saturated heterocycles. The van der Waals surface area contributed by atoms with Gasteiger partial charge in [0.05, 0.1) is 6.61 Å². The fourth-order valence-electron chi connectivity index (χ4n) is 3.78. The van der Waals surface area contributed by atoms with Crippen LogP contribution in [0.5, 0.6) is 5.75 Å². The summed E-state index contributed by atoms with van der Waals surface area (Å²) in [5, 5.41) is 8.12. The molecule has 8 nitrogen and oxygen atoms in total. The van der Waals surface area contributed by atoms with Gasteiger partial charge in [0.1, 0.15) is 16.2 Å². The lowest BCUT2D eigenvalue weighted by Gasteiger charge is -2.43. The Kier molecular flexibility index (Phi) is 6.56. The maximum Gasteiger partial charge on any atom is 0.266 e. The van der Waals surface area contributed by atoms with E-state index in [1.165, 1.54) is 11.3 Å². The van der Waals surface area contributed by atoms with Crippen LogP contribution in [-0.4, -0.2) is 78.9 Å². The highest BCUT2D eigenvalue weighted by Gasteiger charge is 2.44. The molecule has 0 atom stereocenters. The third kappa shape index (κ3) is 4.30. The smallest absolute Gasteiger partial charge is 0.266 e. The van der Waals surface area contributed by atoms with Gasteiger partial charge in [0, 0.05) is 33.1 Å². The number of thiophene rings is 1. The second-order valence-electron chi connectivity index (χ2n) is 7.13. The first kappa shape index (κ1) is 20.6. The Morgan fingerprint density at radius 2 is 1.82 bits per heavy atom. The minimum Gasteiger partial charge on any atom is -0.492 e. The molecule has 0 spiro atoms. The van der Waals surface area contributed by atoms with Crippen molar-refractivity contribution in [3.63, 3.8) is 0 Å². The molecule has 0 unspecified atom stereocenters. The summed E-state index contributed by atoms with van der Waals surface area (Å²) in [6.07, 6.45) is 1.08. The van der Waals surface area contributed by atoms with E-state index in [0.717, 1.165) is 0 Å². The number of carbonyl (C=O) groups excluding carboxylic acids is 3. The van der Waals surface area contributed by atoms with E-state index in [1.807, 2.05) is 12.3 Å². The summed E-state index contributed by atoms with van der Waals surface area (Å²) in [5.74, 6) is 0.255. The van der Waals surface area contributed by atoms with Crippen LogP contribution >= 0.6 is 11.3 Å². The van der Waals surface area contributed by atoms with Crippen LogP contribution < -0.4 is 15.4 Å². The number of carbonyl (C=O) groups is 3. The van der Waals surface area contributed by atoms with E-state index < -0.39 is 5.54 Å². The first-order valence-electron chi connectivity index (χ1n) is 9.75. The molecule has 3 rings (SSSR count). The first-order chi connectivity index (χ1) is 13.5. The van der Waals surface area contributed by atoms with E-state index in [-0.39, 0.29) is 17.7 Å². The van der Waals surface area contributed by atoms with Crippen LogP contribution in [0.2, 0.25) is 0 Å². The quantitative estimate of drug-likeness (QED) is 0.748. The lowest BCUT2D eigenvalue weighted by Crippen LogP contribution is -2.65. The van der Waals surface area contributed by atoms with Gasteiger partial charge in [-0.2, -0.15) is 0 Å². The molecule has 1 aromatic rings. The lowest BCUT2D eigenvalue weighted by molar-refractivity contribution is -0.144. The third-order valence-corrected chi connectivity index (χ3v) is 6.26. The van der Waals surface area contributed by atoms with Crippen molar-refractivity contribution in [2.24, 2.45) is 0 Å². The number of piperidine rings is 1. The summed E-state index contributed by atoms with van der Waals surface area (Å²) < 4.78 is 5.54. The van der Waals surface area contributed by atoms with Gasteiger partial charge in [-0.15, -0.1) is 11.3 Å². The highest BCUT2D eigenvalue weighted by atomic mass is 32.1. The van der Waals surface area contributed by atoms with Crippen LogP contribution in [0, 0.1) is 0 Å². The molecule has 0 aliphatic carbocycles. The summed E-state index contributed by atoms with van der Waals surface area (Å²) in [6.45, 7) is 7.28. The molecule has 0 bridgehead atoms. The Bertz CT molecular complexity index is 721. The Labute approximate surface area is 169 Å². The molecule has 2 aliphatic heterocycles. The summed E-state index contributed by atoms with van der Waals surface area (Å²) >= 11 is 1.31. The Balaban J connectivity index is 1.75. The number of piperazine rings is 1. The minimum atomic E-state index is -0.922. The van der Waals surface area contributed by atoms with Crippen LogP contribution in [0.4, 0.5) is 0 Å². The predicted molar refractivity (Wildman–Crippen MR) is 107 cm³/mol. The van der Waals surface area contributed by atoms with E-state index in [9.17, 15) is 14.4 Å². The van der Waals surface area contributed by atoms with E-state index in [2.05, 4.69) is 10.6 Å². The molecular formula is C19H28N4O4S. The molecule has 1 aromatic heterocycles. The third-order valence-electron chi connectivity index (χ3n) is 5.37. The van der Waals surface area contributed by atoms with Gasteiger partial charge < -0.3 is 25.2 Å². The summed E-state index contributed by atoms with van der Waals surface area (Å²) in [4.78, 5) is 42.0. The molecule has 2 fully saturated rings. The van der Waals surface area contributed by atoms with Gasteiger partial charge in [-0.1, -0.05) is 0 Å². The fourth-order valence-corrected chi connectivity index (χ4v) is 4.51. The molecule has 2 N–H and O–H groups in total. The number of hydrogen-bond donors (Lipinski definition) is 2. The topological polar surface area (TPSA) is 91.0 Å². The molecule has 3 heterocycles. The molecule has 2 aliphatic rings. The SMILES string of the molecule is CCOc1ccsc1C(=O)NC1(C(=O)N2CCN(C(C)=O)CC2)CCNCC1. The fraction of sp³-hybridized carbons (Fsp3) is 0.632. The Morgan fingerprint density at radius 3 is 2.43 bits per heavy atom. The molecule has 0 radical (unpaired) electrons. The maximum atomic E-state index is 13.4. The summed E-state index contributed by atoms with van der Waals surface area (Å²) in [7, 11) is 0. The number of nitrogens with one attached hydrogen (secondary N) is 2. The van der Waals surface area contributed by atoms with Gasteiger partial charge in [0.15, 0.2) is 0 Å². The van der Waals surface area contributed by atoms with Crippen molar-refractivity contribution in [3.05, 3.63) is 16.3 Å². The summed E-state index contributed by atoms with van der Waals surface area (Å²) in [5.41, 5.74) is -0.922. The molecule has 3 amide bonds. The average molecular weight is 409 g/mol. The van der Waals surface area contributed by atoms with Crippen molar-refractivity contribution in [2.75, 3.05) is 45.9 Å². The number of nitrogens with zero attached hydrogens (tertiary/aromatic N) is 2.